The molecule has 0 radical (unpaired) electrons. The third-order valence-electron chi connectivity index (χ3n) is 2.79. The van der Waals surface area contributed by atoms with Gasteiger partial charge in [-0.2, -0.15) is 0 Å². The van der Waals surface area contributed by atoms with Crippen LogP contribution >= 0.6 is 0 Å². The number of aliphatic hydroxyl groups is 1. The lowest BCUT2D eigenvalue weighted by atomic mass is 10.1. The second-order valence-corrected chi connectivity index (χ2v) is 3.90. The summed E-state index contributed by atoms with van der Waals surface area (Å²) in [7, 11) is 1.78. The molecule has 0 unspecified atom stereocenters. The summed E-state index contributed by atoms with van der Waals surface area (Å²) in [5, 5.41) is 12.6. The highest BCUT2D eigenvalue weighted by atomic mass is 16.3. The average molecular weight is 200 g/mol. The molecule has 0 aromatic carbocycles. The van der Waals surface area contributed by atoms with E-state index in [2.05, 4.69) is 12.2 Å². The summed E-state index contributed by atoms with van der Waals surface area (Å²) in [5.41, 5.74) is 0. The van der Waals surface area contributed by atoms with E-state index in [0.29, 0.717) is 19.5 Å². The van der Waals surface area contributed by atoms with Crippen LogP contribution in [-0.4, -0.2) is 48.2 Å². The summed E-state index contributed by atoms with van der Waals surface area (Å²) >= 11 is 0. The molecule has 1 amide bonds. The van der Waals surface area contributed by atoms with Gasteiger partial charge in [-0.1, -0.05) is 13.3 Å². The van der Waals surface area contributed by atoms with Gasteiger partial charge in [0, 0.05) is 26.6 Å². The van der Waals surface area contributed by atoms with Crippen molar-refractivity contribution >= 4 is 5.91 Å². The minimum absolute atomic E-state index is 0.0423. The molecule has 1 saturated heterocycles. The zero-order chi connectivity index (χ0) is 10.6. The van der Waals surface area contributed by atoms with Crippen LogP contribution in [0.5, 0.6) is 0 Å². The number of hydrogen-bond acceptors (Lipinski definition) is 3. The molecule has 1 aliphatic rings. The number of carbonyl (C=O) groups is 1. The van der Waals surface area contributed by atoms with Crippen LogP contribution in [0.3, 0.4) is 0 Å². The molecule has 0 aromatic heterocycles. The van der Waals surface area contributed by atoms with Crippen LogP contribution in [0.2, 0.25) is 0 Å². The van der Waals surface area contributed by atoms with Gasteiger partial charge in [-0.05, 0) is 6.42 Å². The maximum Gasteiger partial charge on any atom is 0.222 e. The van der Waals surface area contributed by atoms with Crippen molar-refractivity contribution in [3.63, 3.8) is 0 Å². The molecule has 4 nitrogen and oxygen atoms in total. The van der Waals surface area contributed by atoms with Crippen molar-refractivity contribution in [2.24, 2.45) is 0 Å². The van der Waals surface area contributed by atoms with Gasteiger partial charge >= 0.3 is 0 Å². The summed E-state index contributed by atoms with van der Waals surface area (Å²) in [4.78, 5) is 13.3. The van der Waals surface area contributed by atoms with Gasteiger partial charge in [-0.3, -0.25) is 4.79 Å². The van der Waals surface area contributed by atoms with Gasteiger partial charge in [-0.25, -0.2) is 0 Å². The molecule has 1 rings (SSSR count). The molecule has 0 aromatic rings. The molecule has 0 spiro atoms. The number of rotatable bonds is 4. The van der Waals surface area contributed by atoms with Crippen LogP contribution in [0, 0.1) is 0 Å². The van der Waals surface area contributed by atoms with Crippen LogP contribution in [0.25, 0.3) is 0 Å². The normalized spacial score (nSPS) is 26.5. The molecular weight excluding hydrogens is 180 g/mol. The zero-order valence-electron chi connectivity index (χ0n) is 8.99. The van der Waals surface area contributed by atoms with Crippen molar-refractivity contribution in [3.05, 3.63) is 0 Å². The largest absolute Gasteiger partial charge is 0.390 e. The minimum atomic E-state index is -0.412. The molecule has 82 valence electrons. The SMILES string of the molecule is CCCCC(=O)N(C)[C@H]1CNC[C@@H]1O. The van der Waals surface area contributed by atoms with Gasteiger partial charge in [0.15, 0.2) is 0 Å². The Labute approximate surface area is 85.3 Å². The Hall–Kier alpha value is -0.610. The van der Waals surface area contributed by atoms with E-state index in [-0.39, 0.29) is 11.9 Å². The van der Waals surface area contributed by atoms with E-state index in [1.54, 1.807) is 11.9 Å². The zero-order valence-corrected chi connectivity index (χ0v) is 8.99. The van der Waals surface area contributed by atoms with Crippen LogP contribution < -0.4 is 5.32 Å². The Morgan fingerprint density at radius 3 is 2.79 bits per heavy atom. The third-order valence-corrected chi connectivity index (χ3v) is 2.79. The highest BCUT2D eigenvalue weighted by molar-refractivity contribution is 5.76. The fourth-order valence-electron chi connectivity index (χ4n) is 1.74. The number of unbranched alkanes of at least 4 members (excludes halogenated alkanes) is 1. The van der Waals surface area contributed by atoms with Gasteiger partial charge in [0.2, 0.25) is 5.91 Å². The van der Waals surface area contributed by atoms with Gasteiger partial charge < -0.3 is 15.3 Å². The van der Waals surface area contributed by atoms with Gasteiger partial charge in [0.25, 0.3) is 0 Å². The first-order valence-electron chi connectivity index (χ1n) is 5.31. The van der Waals surface area contributed by atoms with Crippen molar-refractivity contribution in [3.8, 4) is 0 Å². The fraction of sp³-hybridized carbons (Fsp3) is 0.900. The summed E-state index contributed by atoms with van der Waals surface area (Å²) in [5.74, 6) is 0.139. The van der Waals surface area contributed by atoms with Gasteiger partial charge in [0.05, 0.1) is 12.1 Å². The first kappa shape index (κ1) is 11.5. The quantitative estimate of drug-likeness (QED) is 0.670. The van der Waals surface area contributed by atoms with Crippen molar-refractivity contribution in [1.82, 2.24) is 10.2 Å². The average Bonchev–Trinajstić information content (AvgIpc) is 2.59. The first-order valence-corrected chi connectivity index (χ1v) is 5.31. The van der Waals surface area contributed by atoms with Crippen LogP contribution in [0.15, 0.2) is 0 Å². The molecule has 0 saturated carbocycles. The fourth-order valence-corrected chi connectivity index (χ4v) is 1.74. The highest BCUT2D eigenvalue weighted by Crippen LogP contribution is 2.09. The van der Waals surface area contributed by atoms with E-state index in [4.69, 9.17) is 0 Å². The smallest absolute Gasteiger partial charge is 0.222 e. The van der Waals surface area contributed by atoms with E-state index in [0.717, 1.165) is 12.8 Å². The van der Waals surface area contributed by atoms with Gasteiger partial charge in [-0.15, -0.1) is 0 Å². The second kappa shape index (κ2) is 5.32. The molecule has 1 heterocycles. The predicted octanol–water partition coefficient (Wildman–Crippen LogP) is -0.0323. The maximum absolute atomic E-state index is 11.6. The molecule has 2 N–H and O–H groups in total. The Kier molecular flexibility index (Phi) is 4.35. The lowest BCUT2D eigenvalue weighted by Gasteiger charge is -2.26. The van der Waals surface area contributed by atoms with E-state index >= 15 is 0 Å². The van der Waals surface area contributed by atoms with E-state index in [1.807, 2.05) is 0 Å². The predicted molar refractivity (Wildman–Crippen MR) is 55.0 cm³/mol. The van der Waals surface area contributed by atoms with Crippen molar-refractivity contribution in [2.45, 2.75) is 38.3 Å². The lowest BCUT2D eigenvalue weighted by molar-refractivity contribution is -0.133. The number of β-amino-alcohol motifs (C(OH)–C–C–N with tert-alkyl or cyclic N) is 1. The molecule has 2 atom stereocenters. The highest BCUT2D eigenvalue weighted by Gasteiger charge is 2.30. The summed E-state index contributed by atoms with van der Waals surface area (Å²) < 4.78 is 0. The standard InChI is InChI=1S/C10H20N2O2/c1-3-4-5-10(14)12(2)8-6-11-7-9(8)13/h8-9,11,13H,3-7H2,1-2H3/t8-,9-/m0/s1. The van der Waals surface area contributed by atoms with Gasteiger partial charge in [0.1, 0.15) is 0 Å². The summed E-state index contributed by atoms with van der Waals surface area (Å²) in [6, 6.07) is -0.0423. The molecular formula is C10H20N2O2. The van der Waals surface area contributed by atoms with E-state index < -0.39 is 6.10 Å². The molecule has 0 bridgehead atoms. The monoisotopic (exact) mass is 200 g/mol. The van der Waals surface area contributed by atoms with E-state index in [9.17, 15) is 9.90 Å². The van der Waals surface area contributed by atoms with Crippen LogP contribution in [0.4, 0.5) is 0 Å². The minimum Gasteiger partial charge on any atom is -0.390 e. The maximum atomic E-state index is 11.6. The van der Waals surface area contributed by atoms with Crippen LogP contribution in [-0.2, 0) is 4.79 Å². The lowest BCUT2D eigenvalue weighted by Crippen LogP contribution is -2.44. The molecule has 0 aliphatic carbocycles. The number of likely N-dealkylation sites (N-methyl/N-ethyl adjacent to an activating group) is 1. The molecule has 14 heavy (non-hydrogen) atoms. The van der Waals surface area contributed by atoms with Crippen LogP contribution in [0.1, 0.15) is 26.2 Å². The number of nitrogens with one attached hydrogen (secondary N) is 1. The number of nitrogens with zero attached hydrogens (tertiary/aromatic N) is 1. The number of hydrogen-bond donors (Lipinski definition) is 2. The second-order valence-electron chi connectivity index (χ2n) is 3.90. The topological polar surface area (TPSA) is 52.6 Å². The Bertz CT molecular complexity index is 197. The Morgan fingerprint density at radius 2 is 2.29 bits per heavy atom. The summed E-state index contributed by atoms with van der Waals surface area (Å²) in [6.45, 7) is 3.37. The Balaban J connectivity index is 2.39. The van der Waals surface area contributed by atoms with Crippen molar-refractivity contribution < 1.29 is 9.90 Å². The molecule has 1 fully saturated rings. The molecule has 1 aliphatic heterocycles. The summed E-state index contributed by atoms with van der Waals surface area (Å²) in [6.07, 6.45) is 2.14. The number of carbonyl (C=O) groups excluding carboxylic acids is 1. The number of aliphatic hydroxyl groups excluding tert-OH is 1. The Morgan fingerprint density at radius 1 is 1.57 bits per heavy atom. The first-order chi connectivity index (χ1) is 6.66. The number of amides is 1. The van der Waals surface area contributed by atoms with Crippen molar-refractivity contribution in [2.75, 3.05) is 20.1 Å². The third kappa shape index (κ3) is 2.69. The molecule has 4 heteroatoms. The van der Waals surface area contributed by atoms with E-state index in [1.165, 1.54) is 0 Å². The van der Waals surface area contributed by atoms with Crippen molar-refractivity contribution in [1.29, 1.82) is 0 Å².